The Bertz CT molecular complexity index is 232. The van der Waals surface area contributed by atoms with E-state index in [4.69, 9.17) is 0 Å². The lowest BCUT2D eigenvalue weighted by Gasteiger charge is -2.10. The number of hydrogen-bond donors (Lipinski definition) is 0. The van der Waals surface area contributed by atoms with E-state index in [-0.39, 0.29) is 0 Å². The minimum Gasteiger partial charge on any atom is -0.0994 e. The highest BCUT2D eigenvalue weighted by atomic mass is 32.2. The topological polar surface area (TPSA) is 0 Å². The van der Waals surface area contributed by atoms with Crippen LogP contribution in [0.2, 0.25) is 0 Å². The van der Waals surface area contributed by atoms with Crippen molar-refractivity contribution in [1.29, 1.82) is 0 Å². The molecule has 0 aliphatic rings. The van der Waals surface area contributed by atoms with Crippen LogP contribution in [-0.2, 0) is 0 Å². The zero-order valence-electron chi connectivity index (χ0n) is 9.35. The van der Waals surface area contributed by atoms with E-state index in [1.165, 1.54) is 15.4 Å². The molecule has 0 aromatic rings. The average molecular weight is 196 g/mol. The standard InChI is InChI=1S/C12H20S/c1-7-8-10(4)12(6)13-11(5)9(2)3/h7-9H,5H2,1-4,6H3/b8-7-,12-10+. The Labute approximate surface area is 86.8 Å². The van der Waals surface area contributed by atoms with Crippen LogP contribution in [0.1, 0.15) is 34.6 Å². The third-order valence-corrected chi connectivity index (χ3v) is 3.26. The quantitative estimate of drug-likeness (QED) is 0.584. The van der Waals surface area contributed by atoms with E-state index in [1.54, 1.807) is 11.8 Å². The van der Waals surface area contributed by atoms with Gasteiger partial charge in [0.2, 0.25) is 0 Å². The molecule has 0 heterocycles. The number of rotatable bonds is 4. The summed E-state index contributed by atoms with van der Waals surface area (Å²) in [5, 5.41) is 0. The third kappa shape index (κ3) is 4.99. The molecule has 1 heteroatoms. The molecule has 0 amide bonds. The maximum atomic E-state index is 4.04. The molecule has 0 radical (unpaired) electrons. The summed E-state index contributed by atoms with van der Waals surface area (Å²) < 4.78 is 0. The van der Waals surface area contributed by atoms with Gasteiger partial charge in [-0.05, 0) is 42.1 Å². The molecule has 0 aromatic heterocycles. The summed E-state index contributed by atoms with van der Waals surface area (Å²) in [4.78, 5) is 2.58. The molecule has 74 valence electrons. The van der Waals surface area contributed by atoms with E-state index >= 15 is 0 Å². The summed E-state index contributed by atoms with van der Waals surface area (Å²) in [6.45, 7) is 14.7. The molecule has 0 saturated carbocycles. The molecule has 0 bridgehead atoms. The monoisotopic (exact) mass is 196 g/mol. The zero-order valence-corrected chi connectivity index (χ0v) is 10.2. The van der Waals surface area contributed by atoms with Crippen molar-refractivity contribution in [2.75, 3.05) is 0 Å². The molecule has 0 rings (SSSR count). The second kappa shape index (κ2) is 6.09. The second-order valence-corrected chi connectivity index (χ2v) is 4.80. The Hall–Kier alpha value is -0.430. The Morgan fingerprint density at radius 1 is 1.31 bits per heavy atom. The molecular weight excluding hydrogens is 176 g/mol. The molecule has 0 spiro atoms. The van der Waals surface area contributed by atoms with Crippen molar-refractivity contribution in [3.8, 4) is 0 Å². The fourth-order valence-electron chi connectivity index (χ4n) is 0.762. The van der Waals surface area contributed by atoms with Crippen molar-refractivity contribution >= 4 is 11.8 Å². The highest BCUT2D eigenvalue weighted by Crippen LogP contribution is 2.31. The van der Waals surface area contributed by atoms with Crippen LogP contribution in [0.3, 0.4) is 0 Å². The van der Waals surface area contributed by atoms with E-state index in [0.29, 0.717) is 5.92 Å². The van der Waals surface area contributed by atoms with Gasteiger partial charge in [0.25, 0.3) is 0 Å². The molecule has 0 aliphatic heterocycles. The molecule has 0 aliphatic carbocycles. The van der Waals surface area contributed by atoms with Crippen molar-refractivity contribution in [1.82, 2.24) is 0 Å². The first-order valence-electron chi connectivity index (χ1n) is 4.65. The first-order chi connectivity index (χ1) is 5.99. The lowest BCUT2D eigenvalue weighted by molar-refractivity contribution is 0.820. The van der Waals surface area contributed by atoms with E-state index in [2.05, 4.69) is 46.4 Å². The zero-order chi connectivity index (χ0) is 10.4. The van der Waals surface area contributed by atoms with Gasteiger partial charge >= 0.3 is 0 Å². The molecule has 0 N–H and O–H groups in total. The van der Waals surface area contributed by atoms with Crippen LogP contribution in [0.25, 0.3) is 0 Å². The van der Waals surface area contributed by atoms with E-state index in [9.17, 15) is 0 Å². The highest BCUT2D eigenvalue weighted by Gasteiger charge is 2.02. The largest absolute Gasteiger partial charge is 0.0994 e. The minimum atomic E-state index is 0.554. The van der Waals surface area contributed by atoms with Crippen LogP contribution in [0.5, 0.6) is 0 Å². The molecular formula is C12H20S. The second-order valence-electron chi connectivity index (χ2n) is 3.46. The third-order valence-electron chi connectivity index (χ3n) is 1.90. The van der Waals surface area contributed by atoms with Gasteiger partial charge in [0, 0.05) is 0 Å². The molecule has 0 aromatic carbocycles. The van der Waals surface area contributed by atoms with Crippen molar-refractivity contribution in [3.05, 3.63) is 34.1 Å². The maximum Gasteiger partial charge on any atom is -0.0108 e. The fourth-order valence-corrected chi connectivity index (χ4v) is 1.62. The predicted molar refractivity (Wildman–Crippen MR) is 64.8 cm³/mol. The number of hydrogen-bond acceptors (Lipinski definition) is 1. The summed E-state index contributed by atoms with van der Waals surface area (Å²) in [6, 6.07) is 0. The van der Waals surface area contributed by atoms with Crippen LogP contribution >= 0.6 is 11.8 Å². The first kappa shape index (κ1) is 12.6. The van der Waals surface area contributed by atoms with Crippen molar-refractivity contribution in [2.24, 2.45) is 5.92 Å². The molecule has 0 saturated heterocycles. The van der Waals surface area contributed by atoms with Crippen LogP contribution in [-0.4, -0.2) is 0 Å². The van der Waals surface area contributed by atoms with Gasteiger partial charge in [0.1, 0.15) is 0 Å². The molecule has 0 atom stereocenters. The van der Waals surface area contributed by atoms with E-state index in [0.717, 1.165) is 0 Å². The summed E-state index contributed by atoms with van der Waals surface area (Å²) in [5.41, 5.74) is 1.33. The van der Waals surface area contributed by atoms with Crippen LogP contribution < -0.4 is 0 Å². The van der Waals surface area contributed by atoms with Crippen LogP contribution in [0, 0.1) is 5.92 Å². The summed E-state index contributed by atoms with van der Waals surface area (Å²) in [7, 11) is 0. The first-order valence-corrected chi connectivity index (χ1v) is 5.47. The summed E-state index contributed by atoms with van der Waals surface area (Å²) in [5.74, 6) is 0.554. The Morgan fingerprint density at radius 3 is 2.23 bits per heavy atom. The lowest BCUT2D eigenvalue weighted by Crippen LogP contribution is -1.87. The summed E-state index contributed by atoms with van der Waals surface area (Å²) >= 11 is 1.79. The van der Waals surface area contributed by atoms with Gasteiger partial charge < -0.3 is 0 Å². The van der Waals surface area contributed by atoms with E-state index in [1.807, 2.05) is 6.92 Å². The Balaban J connectivity index is 4.36. The lowest BCUT2D eigenvalue weighted by atomic mass is 10.2. The Morgan fingerprint density at radius 2 is 1.85 bits per heavy atom. The molecule has 0 nitrogen and oxygen atoms in total. The predicted octanol–water partition coefficient (Wildman–Crippen LogP) is 4.76. The maximum absolute atomic E-state index is 4.04. The molecule has 13 heavy (non-hydrogen) atoms. The van der Waals surface area contributed by atoms with Gasteiger partial charge in [-0.2, -0.15) is 0 Å². The average Bonchev–Trinajstić information content (AvgIpc) is 2.04. The van der Waals surface area contributed by atoms with Gasteiger partial charge in [0.05, 0.1) is 0 Å². The Kier molecular flexibility index (Phi) is 5.89. The SMILES string of the molecule is C=C(S/C(C)=C(C)/C=C\C)C(C)C. The number of allylic oxidation sites excluding steroid dienone is 5. The summed E-state index contributed by atoms with van der Waals surface area (Å²) in [6.07, 6.45) is 4.20. The molecule has 0 fully saturated rings. The molecule has 0 unspecified atom stereocenters. The van der Waals surface area contributed by atoms with Gasteiger partial charge in [-0.1, -0.05) is 44.3 Å². The van der Waals surface area contributed by atoms with Gasteiger partial charge in [-0.3, -0.25) is 0 Å². The van der Waals surface area contributed by atoms with Gasteiger partial charge in [-0.15, -0.1) is 0 Å². The van der Waals surface area contributed by atoms with Gasteiger partial charge in [0.15, 0.2) is 0 Å². The van der Waals surface area contributed by atoms with Crippen LogP contribution in [0.4, 0.5) is 0 Å². The minimum absolute atomic E-state index is 0.554. The van der Waals surface area contributed by atoms with Crippen molar-refractivity contribution in [2.45, 2.75) is 34.6 Å². The van der Waals surface area contributed by atoms with Crippen LogP contribution in [0.15, 0.2) is 34.1 Å². The van der Waals surface area contributed by atoms with Crippen molar-refractivity contribution in [3.63, 3.8) is 0 Å². The van der Waals surface area contributed by atoms with Crippen molar-refractivity contribution < 1.29 is 0 Å². The van der Waals surface area contributed by atoms with Gasteiger partial charge in [-0.25, -0.2) is 0 Å². The normalized spacial score (nSPS) is 13.7. The fraction of sp³-hybridized carbons (Fsp3) is 0.500. The highest BCUT2D eigenvalue weighted by molar-refractivity contribution is 8.06. The smallest absolute Gasteiger partial charge is 0.0108 e. The number of thioether (sulfide) groups is 1. The van der Waals surface area contributed by atoms with E-state index < -0.39 is 0 Å².